The van der Waals surface area contributed by atoms with Crippen LogP contribution in [-0.4, -0.2) is 40.5 Å². The van der Waals surface area contributed by atoms with E-state index in [1.54, 1.807) is 6.20 Å². The zero-order valence-electron chi connectivity index (χ0n) is 16.4. The van der Waals surface area contributed by atoms with Gasteiger partial charge in [0, 0.05) is 25.0 Å². The summed E-state index contributed by atoms with van der Waals surface area (Å²) in [7, 11) is 0. The largest absolute Gasteiger partial charge is 0.372 e. The second-order valence-corrected chi connectivity index (χ2v) is 7.74. The molecule has 1 N–H and O–H groups in total. The molecule has 1 aromatic carbocycles. The van der Waals surface area contributed by atoms with Gasteiger partial charge in [-0.1, -0.05) is 23.8 Å². The Hall–Kier alpha value is -2.40. The molecule has 3 rings (SSSR count). The molecule has 1 amide bonds. The summed E-state index contributed by atoms with van der Waals surface area (Å²) >= 11 is 0. The first-order chi connectivity index (χ1) is 12.9. The Balaban J connectivity index is 1.49. The van der Waals surface area contributed by atoms with Crippen LogP contribution in [0.1, 0.15) is 37.9 Å². The van der Waals surface area contributed by atoms with Gasteiger partial charge < -0.3 is 15.0 Å². The molecule has 0 saturated carbocycles. The van der Waals surface area contributed by atoms with E-state index in [1.165, 1.54) is 5.56 Å². The molecule has 1 aliphatic heterocycles. The Kier molecular flexibility index (Phi) is 6.11. The standard InChI is InChI=1S/C22H29N3O2/c1-17-7-9-18(10-8-17)24-22(2,3)21(26)25-14-11-20(12-15-25)27-16-19-6-4-5-13-23-19/h4-10,13,20,24H,11-12,14-16H2,1-3H3. The number of carbonyl (C=O) groups excluding carboxylic acids is 1. The third kappa shape index (κ3) is 5.30. The smallest absolute Gasteiger partial charge is 0.247 e. The summed E-state index contributed by atoms with van der Waals surface area (Å²) in [6.07, 6.45) is 3.69. The van der Waals surface area contributed by atoms with Crippen molar-refractivity contribution in [3.63, 3.8) is 0 Å². The lowest BCUT2D eigenvalue weighted by molar-refractivity contribution is -0.137. The number of pyridine rings is 1. The lowest BCUT2D eigenvalue weighted by Crippen LogP contribution is -2.53. The molecule has 1 saturated heterocycles. The van der Waals surface area contributed by atoms with E-state index in [2.05, 4.69) is 17.2 Å². The summed E-state index contributed by atoms with van der Waals surface area (Å²) in [5, 5.41) is 3.37. The van der Waals surface area contributed by atoms with E-state index in [4.69, 9.17) is 4.74 Å². The third-order valence-corrected chi connectivity index (χ3v) is 4.97. The molecule has 0 bridgehead atoms. The van der Waals surface area contributed by atoms with Crippen molar-refractivity contribution in [1.82, 2.24) is 9.88 Å². The van der Waals surface area contributed by atoms with Crippen LogP contribution in [0.5, 0.6) is 0 Å². The predicted octanol–water partition coefficient (Wildman–Crippen LogP) is 3.79. The molecule has 27 heavy (non-hydrogen) atoms. The van der Waals surface area contributed by atoms with Gasteiger partial charge in [-0.2, -0.15) is 0 Å². The summed E-state index contributed by atoms with van der Waals surface area (Å²) < 4.78 is 5.97. The van der Waals surface area contributed by atoms with Crippen molar-refractivity contribution in [1.29, 1.82) is 0 Å². The van der Waals surface area contributed by atoms with Crippen LogP contribution < -0.4 is 5.32 Å². The van der Waals surface area contributed by atoms with Crippen molar-refractivity contribution in [2.24, 2.45) is 0 Å². The van der Waals surface area contributed by atoms with E-state index in [0.29, 0.717) is 6.61 Å². The quantitative estimate of drug-likeness (QED) is 0.844. The van der Waals surface area contributed by atoms with Crippen LogP contribution in [-0.2, 0) is 16.1 Å². The zero-order valence-corrected chi connectivity index (χ0v) is 16.4. The second kappa shape index (κ2) is 8.53. The number of nitrogens with zero attached hydrogens (tertiary/aromatic N) is 2. The van der Waals surface area contributed by atoms with Gasteiger partial charge in [0.25, 0.3) is 0 Å². The number of ether oxygens (including phenoxy) is 1. The van der Waals surface area contributed by atoms with Crippen molar-refractivity contribution in [2.45, 2.75) is 51.9 Å². The van der Waals surface area contributed by atoms with E-state index in [1.807, 2.05) is 61.2 Å². The van der Waals surface area contributed by atoms with E-state index >= 15 is 0 Å². The molecule has 2 heterocycles. The van der Waals surface area contributed by atoms with Crippen molar-refractivity contribution in [3.05, 3.63) is 59.9 Å². The number of benzene rings is 1. The molecule has 1 aromatic heterocycles. The van der Waals surface area contributed by atoms with Gasteiger partial charge in [-0.15, -0.1) is 0 Å². The van der Waals surface area contributed by atoms with Crippen LogP contribution in [0.15, 0.2) is 48.7 Å². The zero-order chi connectivity index (χ0) is 19.3. The Bertz CT molecular complexity index is 736. The van der Waals surface area contributed by atoms with Crippen molar-refractivity contribution >= 4 is 11.6 Å². The SMILES string of the molecule is Cc1ccc(NC(C)(C)C(=O)N2CCC(OCc3ccccn3)CC2)cc1. The average molecular weight is 367 g/mol. The maximum absolute atomic E-state index is 13.0. The van der Waals surface area contributed by atoms with Gasteiger partial charge in [0.1, 0.15) is 5.54 Å². The van der Waals surface area contributed by atoms with Crippen LogP contribution in [0, 0.1) is 6.92 Å². The van der Waals surface area contributed by atoms with Gasteiger partial charge in [0.05, 0.1) is 18.4 Å². The Morgan fingerprint density at radius 2 is 1.89 bits per heavy atom. The number of likely N-dealkylation sites (tertiary alicyclic amines) is 1. The molecule has 5 heteroatoms. The first-order valence-electron chi connectivity index (χ1n) is 9.60. The normalized spacial score (nSPS) is 15.6. The minimum atomic E-state index is -0.642. The van der Waals surface area contributed by atoms with Gasteiger partial charge in [-0.25, -0.2) is 0 Å². The summed E-state index contributed by atoms with van der Waals surface area (Å²) in [5.41, 5.74) is 2.47. The number of piperidine rings is 1. The number of anilines is 1. The van der Waals surface area contributed by atoms with E-state index in [-0.39, 0.29) is 12.0 Å². The predicted molar refractivity (Wildman–Crippen MR) is 108 cm³/mol. The fourth-order valence-corrected chi connectivity index (χ4v) is 3.36. The Labute approximate surface area is 161 Å². The first kappa shape index (κ1) is 19.4. The Morgan fingerprint density at radius 1 is 1.19 bits per heavy atom. The Morgan fingerprint density at radius 3 is 2.52 bits per heavy atom. The van der Waals surface area contributed by atoms with Crippen LogP contribution >= 0.6 is 0 Å². The number of hydrogen-bond donors (Lipinski definition) is 1. The number of amides is 1. The fraction of sp³-hybridized carbons (Fsp3) is 0.455. The van der Waals surface area contributed by atoms with Gasteiger partial charge in [0.15, 0.2) is 0 Å². The lowest BCUT2D eigenvalue weighted by Gasteiger charge is -2.37. The molecule has 0 radical (unpaired) electrons. The third-order valence-electron chi connectivity index (χ3n) is 4.97. The molecule has 144 valence electrons. The fourth-order valence-electron chi connectivity index (χ4n) is 3.36. The molecule has 2 aromatic rings. The molecule has 0 spiro atoms. The number of aromatic nitrogens is 1. The number of hydrogen-bond acceptors (Lipinski definition) is 4. The van der Waals surface area contributed by atoms with Gasteiger partial charge >= 0.3 is 0 Å². The van der Waals surface area contributed by atoms with Crippen molar-refractivity contribution in [3.8, 4) is 0 Å². The minimum Gasteiger partial charge on any atom is -0.372 e. The first-order valence-corrected chi connectivity index (χ1v) is 9.60. The molecular weight excluding hydrogens is 338 g/mol. The van der Waals surface area contributed by atoms with E-state index in [0.717, 1.165) is 37.3 Å². The van der Waals surface area contributed by atoms with Crippen LogP contribution in [0.4, 0.5) is 5.69 Å². The minimum absolute atomic E-state index is 0.131. The molecule has 1 fully saturated rings. The average Bonchev–Trinajstić information content (AvgIpc) is 2.69. The monoisotopic (exact) mass is 367 g/mol. The molecule has 0 aliphatic carbocycles. The van der Waals surface area contributed by atoms with E-state index in [9.17, 15) is 4.79 Å². The number of rotatable bonds is 6. The topological polar surface area (TPSA) is 54.5 Å². The van der Waals surface area contributed by atoms with Crippen molar-refractivity contribution < 1.29 is 9.53 Å². The van der Waals surface area contributed by atoms with Crippen LogP contribution in [0.2, 0.25) is 0 Å². The van der Waals surface area contributed by atoms with E-state index < -0.39 is 5.54 Å². The van der Waals surface area contributed by atoms with Gasteiger partial charge in [0.2, 0.25) is 5.91 Å². The lowest BCUT2D eigenvalue weighted by atomic mass is 9.99. The highest BCUT2D eigenvalue weighted by Crippen LogP contribution is 2.22. The molecule has 1 aliphatic rings. The molecule has 0 atom stereocenters. The molecule has 0 unspecified atom stereocenters. The number of nitrogens with one attached hydrogen (secondary N) is 1. The van der Waals surface area contributed by atoms with Crippen LogP contribution in [0.3, 0.4) is 0 Å². The van der Waals surface area contributed by atoms with Gasteiger partial charge in [-0.3, -0.25) is 9.78 Å². The van der Waals surface area contributed by atoms with Crippen LogP contribution in [0.25, 0.3) is 0 Å². The maximum Gasteiger partial charge on any atom is 0.247 e. The second-order valence-electron chi connectivity index (χ2n) is 7.74. The van der Waals surface area contributed by atoms with Crippen molar-refractivity contribution in [2.75, 3.05) is 18.4 Å². The summed E-state index contributed by atoms with van der Waals surface area (Å²) in [4.78, 5) is 19.2. The maximum atomic E-state index is 13.0. The highest BCUT2D eigenvalue weighted by Gasteiger charge is 2.34. The number of carbonyl (C=O) groups is 1. The highest BCUT2D eigenvalue weighted by molar-refractivity contribution is 5.88. The molecular formula is C22H29N3O2. The summed E-state index contributed by atoms with van der Waals surface area (Å²) in [6.45, 7) is 7.92. The summed E-state index contributed by atoms with van der Waals surface area (Å²) in [6, 6.07) is 14.0. The summed E-state index contributed by atoms with van der Waals surface area (Å²) in [5.74, 6) is 0.131. The van der Waals surface area contributed by atoms with Gasteiger partial charge in [-0.05, 0) is 57.9 Å². The number of aryl methyl sites for hydroxylation is 1. The highest BCUT2D eigenvalue weighted by atomic mass is 16.5. The molecule has 5 nitrogen and oxygen atoms in total.